The smallest absolute Gasteiger partial charge is 0.347 e. The van der Waals surface area contributed by atoms with E-state index >= 15 is 0 Å². The fourth-order valence-electron chi connectivity index (χ4n) is 3.30. The lowest BCUT2D eigenvalue weighted by atomic mass is 10.0. The highest BCUT2D eigenvalue weighted by Crippen LogP contribution is 2.28. The molecule has 0 bridgehead atoms. The molecule has 7 heteroatoms. The van der Waals surface area contributed by atoms with Gasteiger partial charge in [0.25, 0.3) is 0 Å². The van der Waals surface area contributed by atoms with Crippen LogP contribution in [-0.2, 0) is 18.8 Å². The Morgan fingerprint density at radius 2 is 1.53 bits per heavy atom. The lowest BCUT2D eigenvalue weighted by Crippen LogP contribution is -2.28. The van der Waals surface area contributed by atoms with Gasteiger partial charge in [0, 0.05) is 0 Å². The van der Waals surface area contributed by atoms with E-state index in [1.807, 2.05) is 24.3 Å². The SMILES string of the molecule is CCCCCCCCCCCCC(Oc1ccccc1NSOOCCCC)C(=O)OC. The van der Waals surface area contributed by atoms with Crippen LogP contribution in [0.25, 0.3) is 0 Å². The maximum atomic E-state index is 12.3. The Morgan fingerprint density at radius 3 is 2.19 bits per heavy atom. The van der Waals surface area contributed by atoms with Gasteiger partial charge in [0.2, 0.25) is 0 Å². The van der Waals surface area contributed by atoms with Crippen molar-refractivity contribution in [2.75, 3.05) is 18.4 Å². The third-order valence-corrected chi connectivity index (χ3v) is 5.72. The summed E-state index contributed by atoms with van der Waals surface area (Å²) in [4.78, 5) is 17.3. The van der Waals surface area contributed by atoms with Gasteiger partial charge in [-0.1, -0.05) is 90.2 Å². The molecule has 0 spiro atoms. The van der Waals surface area contributed by atoms with E-state index < -0.39 is 6.10 Å². The number of hydrogen-bond acceptors (Lipinski definition) is 7. The highest BCUT2D eigenvalue weighted by atomic mass is 32.2. The second kappa shape index (κ2) is 20.2. The molecule has 0 saturated carbocycles. The Balaban J connectivity index is 2.37. The minimum atomic E-state index is -0.622. The summed E-state index contributed by atoms with van der Waals surface area (Å²) in [5, 5.41) is 0. The highest BCUT2D eigenvalue weighted by molar-refractivity contribution is 7.95. The van der Waals surface area contributed by atoms with Crippen LogP contribution in [0.1, 0.15) is 97.3 Å². The lowest BCUT2D eigenvalue weighted by Gasteiger charge is -2.19. The number of carbonyl (C=O) groups is 1. The van der Waals surface area contributed by atoms with Crippen LogP contribution >= 0.6 is 12.2 Å². The zero-order chi connectivity index (χ0) is 23.3. The first-order valence-electron chi connectivity index (χ1n) is 12.3. The predicted molar refractivity (Wildman–Crippen MR) is 132 cm³/mol. The minimum absolute atomic E-state index is 0.345. The first kappa shape index (κ1) is 28.6. The summed E-state index contributed by atoms with van der Waals surface area (Å²) in [5.41, 5.74) is 0.716. The topological polar surface area (TPSA) is 66.0 Å². The second-order valence-corrected chi connectivity index (χ2v) is 8.53. The standard InChI is InChI=1S/C25H43NO5S/c1-4-6-8-9-10-11-12-13-14-15-20-24(25(27)28-3)30-23-19-17-16-18-22(23)26-32-31-29-21-7-5-2/h16-19,24,26H,4-15,20-21H2,1-3H3. The Hall–Kier alpha value is -1.44. The largest absolute Gasteiger partial charge is 0.477 e. The van der Waals surface area contributed by atoms with Crippen LogP contribution in [0.2, 0.25) is 0 Å². The van der Waals surface area contributed by atoms with Crippen LogP contribution in [0.3, 0.4) is 0 Å². The first-order valence-corrected chi connectivity index (χ1v) is 13.0. The van der Waals surface area contributed by atoms with E-state index in [9.17, 15) is 4.79 Å². The van der Waals surface area contributed by atoms with Crippen molar-refractivity contribution in [1.29, 1.82) is 0 Å². The first-order chi connectivity index (χ1) is 15.7. The lowest BCUT2D eigenvalue weighted by molar-refractivity contribution is -0.190. The predicted octanol–water partition coefficient (Wildman–Crippen LogP) is 7.64. The number of methoxy groups -OCH3 is 1. The van der Waals surface area contributed by atoms with E-state index in [0.717, 1.165) is 37.9 Å². The maximum absolute atomic E-state index is 12.3. The quantitative estimate of drug-likeness (QED) is 0.0495. The normalized spacial score (nSPS) is 11.8. The van der Waals surface area contributed by atoms with Crippen LogP contribution in [0.5, 0.6) is 5.75 Å². The van der Waals surface area contributed by atoms with Gasteiger partial charge in [-0.2, -0.15) is 0 Å². The van der Waals surface area contributed by atoms with Gasteiger partial charge in [0.1, 0.15) is 18.0 Å². The number of nitrogens with one attached hydrogen (secondary N) is 1. The van der Waals surface area contributed by atoms with Gasteiger partial charge in [0.05, 0.1) is 19.4 Å². The fraction of sp³-hybridized carbons (Fsp3) is 0.720. The zero-order valence-electron chi connectivity index (χ0n) is 20.2. The van der Waals surface area contributed by atoms with Crippen LogP contribution in [0.15, 0.2) is 24.3 Å². The van der Waals surface area contributed by atoms with E-state index in [1.54, 1.807) is 0 Å². The van der Waals surface area contributed by atoms with E-state index in [0.29, 0.717) is 24.5 Å². The summed E-state index contributed by atoms with van der Waals surface area (Å²) < 4.78 is 19.1. The highest BCUT2D eigenvalue weighted by Gasteiger charge is 2.22. The van der Waals surface area contributed by atoms with E-state index in [1.165, 1.54) is 58.5 Å². The molecule has 0 aliphatic heterocycles. The minimum Gasteiger partial charge on any atom is -0.477 e. The van der Waals surface area contributed by atoms with E-state index in [-0.39, 0.29) is 5.97 Å². The van der Waals surface area contributed by atoms with E-state index in [4.69, 9.17) is 18.7 Å². The summed E-state index contributed by atoms with van der Waals surface area (Å²) in [6.07, 6.45) is 14.5. The molecule has 1 aromatic carbocycles. The molecule has 1 aromatic rings. The molecule has 1 N–H and O–H groups in total. The molecule has 32 heavy (non-hydrogen) atoms. The van der Waals surface area contributed by atoms with E-state index in [2.05, 4.69) is 18.6 Å². The number of rotatable bonds is 21. The molecule has 0 heterocycles. The number of anilines is 1. The third kappa shape index (κ3) is 13.9. The number of carbonyl (C=O) groups excluding carboxylic acids is 1. The van der Waals surface area contributed by atoms with Crippen molar-refractivity contribution in [3.63, 3.8) is 0 Å². The molecule has 0 aliphatic rings. The molecule has 0 radical (unpaired) electrons. The number of para-hydroxylation sites is 2. The molecule has 0 saturated heterocycles. The van der Waals surface area contributed by atoms with Gasteiger partial charge < -0.3 is 14.2 Å². The monoisotopic (exact) mass is 469 g/mol. The molecule has 0 amide bonds. The number of hydrogen-bond donors (Lipinski definition) is 1. The Kier molecular flexibility index (Phi) is 18.0. The van der Waals surface area contributed by atoms with Crippen molar-refractivity contribution in [2.45, 2.75) is 103 Å². The molecular formula is C25H43NO5S. The average molecular weight is 470 g/mol. The third-order valence-electron chi connectivity index (χ3n) is 5.26. The number of benzene rings is 1. The number of esters is 1. The molecule has 1 atom stereocenters. The summed E-state index contributed by atoms with van der Waals surface area (Å²) in [6, 6.07) is 7.46. The molecule has 0 aromatic heterocycles. The van der Waals surface area contributed by atoms with Crippen molar-refractivity contribution in [3.8, 4) is 5.75 Å². The summed E-state index contributed by atoms with van der Waals surface area (Å²) in [5.74, 6) is 0.238. The van der Waals surface area contributed by atoms with Crippen LogP contribution in [-0.4, -0.2) is 25.8 Å². The van der Waals surface area contributed by atoms with Crippen LogP contribution in [0.4, 0.5) is 5.69 Å². The molecule has 1 unspecified atom stereocenters. The van der Waals surface area contributed by atoms with Gasteiger partial charge in [-0.25, -0.2) is 9.68 Å². The molecule has 184 valence electrons. The average Bonchev–Trinajstić information content (AvgIpc) is 2.82. The van der Waals surface area contributed by atoms with Crippen LogP contribution < -0.4 is 9.46 Å². The maximum Gasteiger partial charge on any atom is 0.347 e. The van der Waals surface area contributed by atoms with Crippen molar-refractivity contribution in [3.05, 3.63) is 24.3 Å². The zero-order valence-corrected chi connectivity index (χ0v) is 21.1. The van der Waals surface area contributed by atoms with Gasteiger partial charge in [0.15, 0.2) is 6.10 Å². The van der Waals surface area contributed by atoms with Gasteiger partial charge in [-0.05, 0) is 31.4 Å². The van der Waals surface area contributed by atoms with Crippen molar-refractivity contribution < 1.29 is 23.5 Å². The summed E-state index contributed by atoms with van der Waals surface area (Å²) in [7, 11) is 1.40. The Bertz CT molecular complexity index is 587. The van der Waals surface area contributed by atoms with Gasteiger partial charge in [-0.15, -0.1) is 4.33 Å². The number of ether oxygens (including phenoxy) is 2. The van der Waals surface area contributed by atoms with Gasteiger partial charge in [-0.3, -0.25) is 0 Å². The second-order valence-electron chi connectivity index (χ2n) is 8.03. The van der Waals surface area contributed by atoms with Gasteiger partial charge >= 0.3 is 5.97 Å². The molecular weight excluding hydrogens is 426 g/mol. The van der Waals surface area contributed by atoms with Crippen molar-refractivity contribution >= 4 is 23.9 Å². The molecule has 0 aliphatic carbocycles. The molecule has 0 fully saturated rings. The Labute approximate surface area is 199 Å². The van der Waals surface area contributed by atoms with Crippen LogP contribution in [0, 0.1) is 0 Å². The summed E-state index contributed by atoms with van der Waals surface area (Å²) in [6.45, 7) is 4.89. The molecule has 6 nitrogen and oxygen atoms in total. The number of unbranched alkanes of at least 4 members (excludes halogenated alkanes) is 10. The Morgan fingerprint density at radius 1 is 0.906 bits per heavy atom. The van der Waals surface area contributed by atoms with Crippen molar-refractivity contribution in [2.24, 2.45) is 0 Å². The summed E-state index contributed by atoms with van der Waals surface area (Å²) >= 11 is 0.979. The fourth-order valence-corrected chi connectivity index (χ4v) is 3.71. The van der Waals surface area contributed by atoms with Crippen molar-refractivity contribution in [1.82, 2.24) is 0 Å². The molecule has 1 rings (SSSR count).